The zero-order chi connectivity index (χ0) is 23.0. The third kappa shape index (κ3) is 4.01. The van der Waals surface area contributed by atoms with E-state index in [0.29, 0.717) is 10.6 Å². The number of carbonyl (C=O) groups is 2. The number of carbonyl (C=O) groups excluding carboxylic acids is 2. The molecule has 9 nitrogen and oxygen atoms in total. The van der Waals surface area contributed by atoms with E-state index in [1.54, 1.807) is 0 Å². The van der Waals surface area contributed by atoms with E-state index >= 15 is 0 Å². The van der Waals surface area contributed by atoms with Crippen LogP contribution >= 0.6 is 11.8 Å². The molecule has 2 aromatic rings. The van der Waals surface area contributed by atoms with Crippen LogP contribution in [-0.4, -0.2) is 46.2 Å². The molecule has 0 bridgehead atoms. The standard InChI is InChI=1S/C19H11F3N4O5S/c1-29-13-8-9(4-5-11(13)31-16(28)12-3-2-6-30-12)7-10-14(23)26-18(24-15(10)27)32-17(25-26)19(20,21)22/h2-8,23H,1H3/b10-7-,23-14?. The molecule has 0 spiro atoms. The van der Waals surface area contributed by atoms with Crippen molar-refractivity contribution in [2.24, 2.45) is 10.1 Å². The fourth-order valence-corrected chi connectivity index (χ4v) is 3.43. The Morgan fingerprint density at radius 3 is 2.72 bits per heavy atom. The van der Waals surface area contributed by atoms with Gasteiger partial charge < -0.3 is 13.9 Å². The number of hydrogen-bond acceptors (Lipinski definition) is 8. The van der Waals surface area contributed by atoms with Crippen LogP contribution in [0.25, 0.3) is 6.08 Å². The van der Waals surface area contributed by atoms with Crippen LogP contribution in [0.2, 0.25) is 0 Å². The molecular weight excluding hydrogens is 453 g/mol. The normalized spacial score (nSPS) is 17.2. The summed E-state index contributed by atoms with van der Waals surface area (Å²) in [5.41, 5.74) is 0.0715. The number of nitrogens with one attached hydrogen (secondary N) is 1. The zero-order valence-electron chi connectivity index (χ0n) is 16.0. The second-order valence-corrected chi connectivity index (χ2v) is 7.16. The first-order valence-corrected chi connectivity index (χ1v) is 9.50. The molecule has 0 unspecified atom stereocenters. The van der Waals surface area contributed by atoms with E-state index in [-0.39, 0.29) is 39.8 Å². The number of fused-ring (bicyclic) bond motifs is 1. The Kier molecular flexibility index (Phi) is 5.34. The molecule has 2 aliphatic heterocycles. The van der Waals surface area contributed by atoms with Gasteiger partial charge in [0.2, 0.25) is 16.0 Å². The molecule has 0 atom stereocenters. The predicted molar refractivity (Wildman–Crippen MR) is 108 cm³/mol. The number of methoxy groups -OCH3 is 1. The molecule has 2 aliphatic rings. The molecule has 0 radical (unpaired) electrons. The third-order valence-electron chi connectivity index (χ3n) is 4.12. The van der Waals surface area contributed by atoms with Gasteiger partial charge in [0.1, 0.15) is 0 Å². The molecule has 1 aromatic heterocycles. The molecule has 0 aliphatic carbocycles. The Labute approximate surface area is 181 Å². The van der Waals surface area contributed by atoms with E-state index in [2.05, 4.69) is 10.1 Å². The number of amidine groups is 2. The third-order valence-corrected chi connectivity index (χ3v) is 5.07. The van der Waals surface area contributed by atoms with Gasteiger partial charge in [0, 0.05) is 0 Å². The highest BCUT2D eigenvalue weighted by Crippen LogP contribution is 2.36. The highest BCUT2D eigenvalue weighted by molar-refractivity contribution is 8.27. The van der Waals surface area contributed by atoms with Gasteiger partial charge in [-0.1, -0.05) is 6.07 Å². The number of nitrogens with zero attached hydrogens (tertiary/aromatic N) is 3. The van der Waals surface area contributed by atoms with Gasteiger partial charge >= 0.3 is 12.1 Å². The summed E-state index contributed by atoms with van der Waals surface area (Å²) >= 11 is 0.166. The number of alkyl halides is 3. The summed E-state index contributed by atoms with van der Waals surface area (Å²) in [6.45, 7) is 0. The monoisotopic (exact) mass is 464 g/mol. The summed E-state index contributed by atoms with van der Waals surface area (Å²) in [6.07, 6.45) is -2.17. The van der Waals surface area contributed by atoms with Crippen molar-refractivity contribution in [1.82, 2.24) is 5.01 Å². The smallest absolute Gasteiger partial charge is 0.441 e. The van der Waals surface area contributed by atoms with Crippen molar-refractivity contribution in [2.45, 2.75) is 6.18 Å². The lowest BCUT2D eigenvalue weighted by atomic mass is 10.1. The Morgan fingerprint density at radius 1 is 1.28 bits per heavy atom. The van der Waals surface area contributed by atoms with Crippen molar-refractivity contribution in [1.29, 1.82) is 5.41 Å². The summed E-state index contributed by atoms with van der Waals surface area (Å²) in [7, 11) is 1.33. The average molecular weight is 464 g/mol. The lowest BCUT2D eigenvalue weighted by Gasteiger charge is -2.20. The van der Waals surface area contributed by atoms with Crippen molar-refractivity contribution < 1.29 is 36.7 Å². The van der Waals surface area contributed by atoms with E-state index in [1.165, 1.54) is 49.8 Å². The van der Waals surface area contributed by atoms with Gasteiger partial charge in [-0.2, -0.15) is 28.3 Å². The maximum atomic E-state index is 12.9. The van der Waals surface area contributed by atoms with E-state index in [0.717, 1.165) is 0 Å². The maximum absolute atomic E-state index is 12.9. The molecule has 0 fully saturated rings. The van der Waals surface area contributed by atoms with Crippen LogP contribution in [0.3, 0.4) is 0 Å². The molecular formula is C19H11F3N4O5S. The first-order chi connectivity index (χ1) is 15.2. The number of amides is 1. The number of thioether (sulfide) groups is 1. The van der Waals surface area contributed by atoms with Gasteiger partial charge in [-0.05, 0) is 47.7 Å². The SMILES string of the molecule is COc1cc(/C=C2/C(=N)N3N=C(C(F)(F)F)SC3=NC2=O)ccc1OC(=O)c1ccco1. The van der Waals surface area contributed by atoms with Crippen molar-refractivity contribution >= 4 is 45.8 Å². The predicted octanol–water partition coefficient (Wildman–Crippen LogP) is 3.69. The molecule has 1 amide bonds. The fraction of sp³-hybridized carbons (Fsp3) is 0.105. The first-order valence-electron chi connectivity index (χ1n) is 8.68. The Morgan fingerprint density at radius 2 is 2.06 bits per heavy atom. The van der Waals surface area contributed by atoms with Crippen LogP contribution in [-0.2, 0) is 4.79 Å². The summed E-state index contributed by atoms with van der Waals surface area (Å²) in [5, 5.41) is 10.5. The molecule has 0 saturated heterocycles. The Balaban J connectivity index is 1.61. The molecule has 13 heteroatoms. The van der Waals surface area contributed by atoms with E-state index in [1.807, 2.05) is 0 Å². The number of hydrogen-bond donors (Lipinski definition) is 1. The number of furan rings is 1. The second kappa shape index (κ2) is 8.00. The van der Waals surface area contributed by atoms with Crippen molar-refractivity contribution in [2.75, 3.05) is 7.11 Å². The minimum atomic E-state index is -4.73. The van der Waals surface area contributed by atoms with Crippen LogP contribution in [0.15, 0.2) is 56.7 Å². The Bertz CT molecular complexity index is 1220. The van der Waals surface area contributed by atoms with Gasteiger partial charge in [-0.25, -0.2) is 4.79 Å². The van der Waals surface area contributed by atoms with E-state index in [4.69, 9.17) is 19.3 Å². The topological polar surface area (TPSA) is 118 Å². The number of ether oxygens (including phenoxy) is 2. The van der Waals surface area contributed by atoms with Crippen LogP contribution in [0.1, 0.15) is 16.1 Å². The van der Waals surface area contributed by atoms with Gasteiger partial charge in [-0.3, -0.25) is 10.2 Å². The largest absolute Gasteiger partial charge is 0.493 e. The zero-order valence-corrected chi connectivity index (χ0v) is 16.8. The minimum absolute atomic E-state index is 0.0181. The quantitative estimate of drug-likeness (QED) is 0.417. The van der Waals surface area contributed by atoms with Crippen molar-refractivity contribution in [3.05, 3.63) is 53.5 Å². The summed E-state index contributed by atoms with van der Waals surface area (Å²) in [5.74, 6) is -2.02. The van der Waals surface area contributed by atoms with Crippen LogP contribution in [0.4, 0.5) is 13.2 Å². The molecule has 32 heavy (non-hydrogen) atoms. The van der Waals surface area contributed by atoms with E-state index in [9.17, 15) is 22.8 Å². The molecule has 3 heterocycles. The van der Waals surface area contributed by atoms with Gasteiger partial charge in [0.15, 0.2) is 17.3 Å². The number of halogens is 3. The van der Waals surface area contributed by atoms with Gasteiger partial charge in [0.25, 0.3) is 5.91 Å². The highest BCUT2D eigenvalue weighted by atomic mass is 32.2. The van der Waals surface area contributed by atoms with Crippen LogP contribution in [0, 0.1) is 5.41 Å². The van der Waals surface area contributed by atoms with E-state index < -0.39 is 28.9 Å². The number of hydrazone groups is 1. The summed E-state index contributed by atoms with van der Waals surface area (Å²) in [4.78, 5) is 28.0. The lowest BCUT2D eigenvalue weighted by Crippen LogP contribution is -2.35. The molecule has 164 valence electrons. The maximum Gasteiger partial charge on any atom is 0.441 e. The molecule has 1 aromatic carbocycles. The molecule has 0 saturated carbocycles. The summed E-state index contributed by atoms with van der Waals surface area (Å²) in [6, 6.07) is 7.22. The average Bonchev–Trinajstić information content (AvgIpc) is 3.42. The summed E-state index contributed by atoms with van der Waals surface area (Å²) < 4.78 is 54.1. The number of rotatable bonds is 4. The first kappa shape index (κ1) is 21.4. The molecule has 1 N–H and O–H groups in total. The number of aliphatic imine (C=N–C) groups is 1. The van der Waals surface area contributed by atoms with Crippen molar-refractivity contribution in [3.63, 3.8) is 0 Å². The lowest BCUT2D eigenvalue weighted by molar-refractivity contribution is -0.114. The van der Waals surface area contributed by atoms with Crippen molar-refractivity contribution in [3.8, 4) is 11.5 Å². The van der Waals surface area contributed by atoms with Crippen LogP contribution in [0.5, 0.6) is 11.5 Å². The Hall–Kier alpha value is -3.87. The highest BCUT2D eigenvalue weighted by Gasteiger charge is 2.46. The molecule has 4 rings (SSSR count). The van der Waals surface area contributed by atoms with Gasteiger partial charge in [-0.15, -0.1) is 0 Å². The van der Waals surface area contributed by atoms with Gasteiger partial charge in [0.05, 0.1) is 18.9 Å². The van der Waals surface area contributed by atoms with Crippen LogP contribution < -0.4 is 9.47 Å². The fourth-order valence-electron chi connectivity index (χ4n) is 2.68. The number of esters is 1. The number of benzene rings is 1. The minimum Gasteiger partial charge on any atom is -0.493 e. The second-order valence-electron chi connectivity index (χ2n) is 6.20.